The number of rotatable bonds is 10. The third kappa shape index (κ3) is 6.16. The summed E-state index contributed by atoms with van der Waals surface area (Å²) < 4.78 is 0. The van der Waals surface area contributed by atoms with E-state index in [4.69, 9.17) is 19.6 Å². The Balaban J connectivity index is 2.19. The summed E-state index contributed by atoms with van der Waals surface area (Å²) in [6.07, 6.45) is 2.06. The second-order valence-corrected chi connectivity index (χ2v) is 9.86. The van der Waals surface area contributed by atoms with E-state index in [0.717, 1.165) is 74.9 Å². The van der Waals surface area contributed by atoms with Crippen molar-refractivity contribution < 1.29 is 29.1 Å². The van der Waals surface area contributed by atoms with E-state index < -0.39 is 18.2 Å². The van der Waals surface area contributed by atoms with Gasteiger partial charge >= 0.3 is 11.9 Å². The van der Waals surface area contributed by atoms with Gasteiger partial charge in [0.15, 0.2) is 0 Å². The first-order valence-corrected chi connectivity index (χ1v) is 12.7. The Morgan fingerprint density at radius 3 is 1.14 bits per heavy atom. The summed E-state index contributed by atoms with van der Waals surface area (Å²) >= 11 is 0. The fraction of sp³-hybridized carbons (Fsp3) is 0.533. The predicted molar refractivity (Wildman–Crippen MR) is 141 cm³/mol. The summed E-state index contributed by atoms with van der Waals surface area (Å²) in [7, 11) is 0. The smallest absolute Gasteiger partial charge is 0.290 e. The molecule has 2 aromatic rings. The van der Waals surface area contributed by atoms with Crippen LogP contribution in [0.5, 0.6) is 0 Å². The van der Waals surface area contributed by atoms with Gasteiger partial charge in [0.1, 0.15) is 0 Å². The van der Waals surface area contributed by atoms with Gasteiger partial charge in [-0.15, -0.1) is 9.78 Å². The summed E-state index contributed by atoms with van der Waals surface area (Å²) in [5, 5.41) is 0. The Labute approximate surface area is 216 Å². The molecule has 0 N–H and O–H groups in total. The Bertz CT molecular complexity index is 1000. The molecule has 0 fully saturated rings. The highest BCUT2D eigenvalue weighted by Crippen LogP contribution is 2.28. The van der Waals surface area contributed by atoms with Gasteiger partial charge in [0, 0.05) is 6.42 Å². The molecule has 2 aromatic carbocycles. The highest BCUT2D eigenvalue weighted by atomic mass is 17.3. The van der Waals surface area contributed by atoms with Crippen LogP contribution >= 0.6 is 0 Å². The van der Waals surface area contributed by atoms with Gasteiger partial charge in [0.05, 0.1) is 11.1 Å². The van der Waals surface area contributed by atoms with E-state index in [1.54, 1.807) is 0 Å². The van der Waals surface area contributed by atoms with Crippen LogP contribution < -0.4 is 0 Å². The van der Waals surface area contributed by atoms with Gasteiger partial charge in [-0.1, -0.05) is 19.8 Å². The fourth-order valence-electron chi connectivity index (χ4n) is 4.56. The minimum Gasteiger partial charge on any atom is -0.290 e. The zero-order valence-electron chi connectivity index (χ0n) is 23.9. The molecule has 0 saturated carbocycles. The molecule has 0 aliphatic rings. The molecule has 198 valence electrons. The summed E-state index contributed by atoms with van der Waals surface area (Å²) in [6, 6.07) is 0. The van der Waals surface area contributed by atoms with Gasteiger partial charge in [-0.05, 0) is 131 Å². The monoisotopic (exact) mass is 498 g/mol. The molecule has 0 spiro atoms. The van der Waals surface area contributed by atoms with Crippen LogP contribution in [0.1, 0.15) is 109 Å². The number of benzene rings is 2. The van der Waals surface area contributed by atoms with Crippen molar-refractivity contribution in [2.45, 2.75) is 108 Å². The van der Waals surface area contributed by atoms with E-state index in [9.17, 15) is 9.59 Å². The van der Waals surface area contributed by atoms with Crippen LogP contribution in [0.15, 0.2) is 0 Å². The highest BCUT2D eigenvalue weighted by Gasteiger charge is 2.25. The minimum atomic E-state index is -1.04. The van der Waals surface area contributed by atoms with Crippen molar-refractivity contribution in [1.82, 2.24) is 0 Å². The lowest BCUT2D eigenvalue weighted by molar-refractivity contribution is -0.421. The molecule has 0 atom stereocenters. The Morgan fingerprint density at radius 2 is 0.833 bits per heavy atom. The van der Waals surface area contributed by atoms with Gasteiger partial charge in [-0.3, -0.25) is 9.78 Å². The molecule has 0 bridgehead atoms. The van der Waals surface area contributed by atoms with Gasteiger partial charge in [0.25, 0.3) is 0 Å². The van der Waals surface area contributed by atoms with Crippen molar-refractivity contribution in [2.24, 2.45) is 0 Å². The number of unbranched alkanes of at least 4 members (excludes halogenated alkanes) is 2. The highest BCUT2D eigenvalue weighted by molar-refractivity contribution is 5.94. The Hall–Kier alpha value is -2.70. The normalized spacial score (nSPS) is 11.2. The summed E-state index contributed by atoms with van der Waals surface area (Å²) in [6.45, 7) is 21.7. The standard InChI is InChI=1S/C30H42O6/c1-12-13-14-15-26(33-35-29(31)27-22(8)18(4)16(2)19(5)23(27)9)34-36-30(32)28-24(10)20(6)17(3)21(7)25(28)11/h26H,12-15H2,1-11H3. The molecule has 0 radical (unpaired) electrons. The van der Waals surface area contributed by atoms with Crippen LogP contribution in [0.3, 0.4) is 0 Å². The van der Waals surface area contributed by atoms with Crippen LogP contribution in [0.2, 0.25) is 0 Å². The molecule has 36 heavy (non-hydrogen) atoms. The van der Waals surface area contributed by atoms with Crippen molar-refractivity contribution in [3.8, 4) is 0 Å². The number of hydrogen-bond acceptors (Lipinski definition) is 6. The van der Waals surface area contributed by atoms with Crippen LogP contribution in [-0.4, -0.2) is 18.2 Å². The fourth-order valence-corrected chi connectivity index (χ4v) is 4.56. The lowest BCUT2D eigenvalue weighted by atomic mass is 9.90. The third-order valence-corrected chi connectivity index (χ3v) is 7.91. The molecule has 2 rings (SSSR count). The van der Waals surface area contributed by atoms with Crippen molar-refractivity contribution in [1.29, 1.82) is 0 Å². The molecular formula is C30H42O6. The van der Waals surface area contributed by atoms with E-state index >= 15 is 0 Å². The van der Waals surface area contributed by atoms with Crippen LogP contribution in [0.25, 0.3) is 0 Å². The van der Waals surface area contributed by atoms with Crippen molar-refractivity contribution in [3.63, 3.8) is 0 Å². The quantitative estimate of drug-likeness (QED) is 0.146. The van der Waals surface area contributed by atoms with E-state index in [1.165, 1.54) is 0 Å². The molecule has 0 heterocycles. The first-order chi connectivity index (χ1) is 16.8. The molecule has 0 aliphatic heterocycles. The molecule has 0 unspecified atom stereocenters. The van der Waals surface area contributed by atoms with Crippen molar-refractivity contribution in [2.75, 3.05) is 0 Å². The van der Waals surface area contributed by atoms with Gasteiger partial charge in [-0.25, -0.2) is 9.59 Å². The van der Waals surface area contributed by atoms with Gasteiger partial charge in [-0.2, -0.15) is 0 Å². The van der Waals surface area contributed by atoms with Gasteiger partial charge in [0.2, 0.25) is 6.29 Å². The number of carbonyl (C=O) groups excluding carboxylic acids is 2. The maximum Gasteiger partial charge on any atom is 0.373 e. The second kappa shape index (κ2) is 12.5. The van der Waals surface area contributed by atoms with E-state index in [0.29, 0.717) is 17.5 Å². The minimum absolute atomic E-state index is 0.405. The van der Waals surface area contributed by atoms with E-state index in [2.05, 4.69) is 6.92 Å². The van der Waals surface area contributed by atoms with E-state index in [-0.39, 0.29) is 0 Å². The maximum absolute atomic E-state index is 13.0. The molecule has 0 saturated heterocycles. The predicted octanol–water partition coefficient (Wildman–Crippen LogP) is 7.55. The Morgan fingerprint density at radius 1 is 0.528 bits per heavy atom. The van der Waals surface area contributed by atoms with Crippen LogP contribution in [-0.2, 0) is 19.6 Å². The Kier molecular flexibility index (Phi) is 10.3. The van der Waals surface area contributed by atoms with Gasteiger partial charge < -0.3 is 0 Å². The summed E-state index contributed by atoms with van der Waals surface area (Å²) in [4.78, 5) is 47.2. The average Bonchev–Trinajstić information content (AvgIpc) is 2.85. The first kappa shape index (κ1) is 29.5. The zero-order valence-corrected chi connectivity index (χ0v) is 23.9. The zero-order chi connectivity index (χ0) is 27.3. The lowest BCUT2D eigenvalue weighted by Crippen LogP contribution is -2.24. The molecule has 6 nitrogen and oxygen atoms in total. The van der Waals surface area contributed by atoms with Crippen molar-refractivity contribution in [3.05, 3.63) is 66.8 Å². The second-order valence-electron chi connectivity index (χ2n) is 9.86. The summed E-state index contributed by atoms with van der Waals surface area (Å²) in [5.41, 5.74) is 10.9. The third-order valence-electron chi connectivity index (χ3n) is 7.91. The first-order valence-electron chi connectivity index (χ1n) is 12.7. The van der Waals surface area contributed by atoms with E-state index in [1.807, 2.05) is 69.2 Å². The lowest BCUT2D eigenvalue weighted by Gasteiger charge is -2.20. The summed E-state index contributed by atoms with van der Waals surface area (Å²) in [5.74, 6) is -1.19. The molecule has 6 heteroatoms. The molecular weight excluding hydrogens is 456 g/mol. The molecule has 0 aromatic heterocycles. The SMILES string of the molecule is CCCCCC(OOC(=O)c1c(C)c(C)c(C)c(C)c1C)OOC(=O)c1c(C)c(C)c(C)c(C)c1C. The van der Waals surface area contributed by atoms with Crippen molar-refractivity contribution >= 4 is 11.9 Å². The van der Waals surface area contributed by atoms with Crippen LogP contribution in [0.4, 0.5) is 0 Å². The number of carbonyl (C=O) groups is 2. The largest absolute Gasteiger partial charge is 0.373 e. The maximum atomic E-state index is 13.0. The number of hydrogen-bond donors (Lipinski definition) is 0. The topological polar surface area (TPSA) is 71.1 Å². The molecule has 0 amide bonds. The van der Waals surface area contributed by atoms with Crippen LogP contribution in [0, 0.1) is 69.2 Å². The molecule has 0 aliphatic carbocycles. The average molecular weight is 499 g/mol.